The number of carboxylic acids is 1. The topological polar surface area (TPSA) is 89.6 Å². The predicted molar refractivity (Wildman–Crippen MR) is 67.0 cm³/mol. The quantitative estimate of drug-likeness (QED) is 0.765. The highest BCUT2D eigenvalue weighted by atomic mass is 19.1. The van der Waals surface area contributed by atoms with Crippen molar-refractivity contribution < 1.29 is 23.8 Å². The molecular weight excluding hydrogens is 253 g/mol. The minimum Gasteiger partial charge on any atom is -0.481 e. The monoisotopic (exact) mass is 267 g/mol. The molecule has 0 radical (unpaired) electrons. The van der Waals surface area contributed by atoms with Crippen LogP contribution in [0, 0.1) is 5.82 Å². The van der Waals surface area contributed by atoms with Crippen LogP contribution in [0.4, 0.5) is 4.39 Å². The van der Waals surface area contributed by atoms with Gasteiger partial charge in [-0.05, 0) is 30.2 Å². The van der Waals surface area contributed by atoms with E-state index in [0.29, 0.717) is 12.0 Å². The fourth-order valence-corrected chi connectivity index (χ4v) is 1.42. The summed E-state index contributed by atoms with van der Waals surface area (Å²) in [6, 6.07) is 3.68. The van der Waals surface area contributed by atoms with E-state index in [9.17, 15) is 14.0 Å². The van der Waals surface area contributed by atoms with Gasteiger partial charge in [0.1, 0.15) is 11.6 Å². The van der Waals surface area contributed by atoms with Crippen molar-refractivity contribution in [3.05, 3.63) is 35.7 Å². The van der Waals surface area contributed by atoms with Crippen molar-refractivity contribution in [1.29, 1.82) is 0 Å². The van der Waals surface area contributed by atoms with E-state index in [2.05, 4.69) is 0 Å². The number of aliphatic carboxylic acids is 1. The van der Waals surface area contributed by atoms with Gasteiger partial charge < -0.3 is 15.6 Å². The Hall–Kier alpha value is -2.37. The van der Waals surface area contributed by atoms with Crippen LogP contribution in [0.3, 0.4) is 0 Å². The van der Waals surface area contributed by atoms with Gasteiger partial charge in [0.05, 0.1) is 0 Å². The Morgan fingerprint density at radius 3 is 2.68 bits per heavy atom. The van der Waals surface area contributed by atoms with E-state index < -0.39 is 23.8 Å². The van der Waals surface area contributed by atoms with Crippen LogP contribution in [0.2, 0.25) is 0 Å². The van der Waals surface area contributed by atoms with E-state index in [1.165, 1.54) is 12.1 Å². The van der Waals surface area contributed by atoms with Gasteiger partial charge in [0.15, 0.2) is 6.10 Å². The molecule has 19 heavy (non-hydrogen) atoms. The number of nitrogens with two attached hydrogens (primary N) is 1. The first kappa shape index (κ1) is 14.7. The third-order valence-corrected chi connectivity index (χ3v) is 2.28. The second-order valence-corrected chi connectivity index (χ2v) is 3.81. The lowest BCUT2D eigenvalue weighted by Crippen LogP contribution is -2.33. The smallest absolute Gasteiger partial charge is 0.328 e. The predicted octanol–water partition coefficient (Wildman–Crippen LogP) is 1.57. The molecule has 0 saturated carbocycles. The Labute approximate surface area is 109 Å². The van der Waals surface area contributed by atoms with Crippen molar-refractivity contribution in [2.45, 2.75) is 19.4 Å². The molecule has 1 rings (SSSR count). The van der Waals surface area contributed by atoms with Crippen LogP contribution in [0.15, 0.2) is 24.3 Å². The average molecular weight is 267 g/mol. The van der Waals surface area contributed by atoms with Crippen LogP contribution in [0.1, 0.15) is 18.9 Å². The fourth-order valence-electron chi connectivity index (χ4n) is 1.42. The van der Waals surface area contributed by atoms with Crippen molar-refractivity contribution >= 4 is 18.0 Å². The van der Waals surface area contributed by atoms with Crippen LogP contribution in [-0.2, 0) is 9.59 Å². The molecule has 0 bridgehead atoms. The van der Waals surface area contributed by atoms with Crippen molar-refractivity contribution in [2.75, 3.05) is 0 Å². The Morgan fingerprint density at radius 2 is 2.16 bits per heavy atom. The van der Waals surface area contributed by atoms with E-state index in [0.717, 1.165) is 18.2 Å². The van der Waals surface area contributed by atoms with Gasteiger partial charge in [-0.3, -0.25) is 4.79 Å². The first-order valence-corrected chi connectivity index (χ1v) is 5.60. The zero-order chi connectivity index (χ0) is 14.4. The van der Waals surface area contributed by atoms with Gasteiger partial charge in [-0.1, -0.05) is 6.92 Å². The molecule has 6 heteroatoms. The van der Waals surface area contributed by atoms with Gasteiger partial charge in [-0.25, -0.2) is 9.18 Å². The molecule has 1 unspecified atom stereocenters. The molecule has 1 atom stereocenters. The average Bonchev–Trinajstić information content (AvgIpc) is 2.32. The third-order valence-electron chi connectivity index (χ3n) is 2.28. The molecule has 0 spiro atoms. The van der Waals surface area contributed by atoms with Gasteiger partial charge in [0.2, 0.25) is 0 Å². The molecule has 0 aromatic heterocycles. The number of primary amides is 1. The Balaban J connectivity index is 2.96. The number of benzene rings is 1. The molecule has 1 aromatic rings. The molecule has 5 nitrogen and oxygen atoms in total. The molecule has 1 amide bonds. The highest BCUT2D eigenvalue weighted by Gasteiger charge is 2.15. The summed E-state index contributed by atoms with van der Waals surface area (Å²) in [5, 5.41) is 8.50. The van der Waals surface area contributed by atoms with Gasteiger partial charge in [-0.2, -0.15) is 0 Å². The largest absolute Gasteiger partial charge is 0.481 e. The lowest BCUT2D eigenvalue weighted by Gasteiger charge is -2.14. The number of carbonyl (C=O) groups excluding carboxylic acids is 1. The Kier molecular flexibility index (Phi) is 5.05. The summed E-state index contributed by atoms with van der Waals surface area (Å²) >= 11 is 0. The minimum absolute atomic E-state index is 0.121. The van der Waals surface area contributed by atoms with E-state index >= 15 is 0 Å². The second-order valence-electron chi connectivity index (χ2n) is 3.81. The standard InChI is InChI=1S/C13H14FNO4/c1-2-11(13(15)18)19-10-6-8(3-4-12(16)17)5-9(14)7-10/h3-7,11H,2H2,1H3,(H2,15,18)(H,16,17)/b4-3+. The number of hydrogen-bond donors (Lipinski definition) is 2. The van der Waals surface area contributed by atoms with Crippen LogP contribution in [-0.4, -0.2) is 23.1 Å². The summed E-state index contributed by atoms with van der Waals surface area (Å²) in [6.45, 7) is 1.71. The molecule has 0 aliphatic rings. The molecule has 102 valence electrons. The summed E-state index contributed by atoms with van der Waals surface area (Å²) < 4.78 is 18.6. The molecule has 0 heterocycles. The maximum Gasteiger partial charge on any atom is 0.328 e. The Bertz CT molecular complexity index is 513. The molecule has 0 aliphatic carbocycles. The normalized spacial score (nSPS) is 12.3. The maximum atomic E-state index is 13.3. The van der Waals surface area contributed by atoms with E-state index in [4.69, 9.17) is 15.6 Å². The maximum absolute atomic E-state index is 13.3. The van der Waals surface area contributed by atoms with Crippen molar-refractivity contribution in [2.24, 2.45) is 5.73 Å². The first-order chi connectivity index (χ1) is 8.92. The highest BCUT2D eigenvalue weighted by Crippen LogP contribution is 2.19. The zero-order valence-electron chi connectivity index (χ0n) is 10.3. The van der Waals surface area contributed by atoms with E-state index in [1.807, 2.05) is 0 Å². The van der Waals surface area contributed by atoms with Crippen molar-refractivity contribution in [3.8, 4) is 5.75 Å². The van der Waals surface area contributed by atoms with Crippen molar-refractivity contribution in [3.63, 3.8) is 0 Å². The lowest BCUT2D eigenvalue weighted by molar-refractivity contribution is -0.131. The summed E-state index contributed by atoms with van der Waals surface area (Å²) in [5.74, 6) is -2.26. The number of carbonyl (C=O) groups is 2. The van der Waals surface area contributed by atoms with Crippen LogP contribution < -0.4 is 10.5 Å². The van der Waals surface area contributed by atoms with Gasteiger partial charge in [0, 0.05) is 12.1 Å². The zero-order valence-corrected chi connectivity index (χ0v) is 10.3. The van der Waals surface area contributed by atoms with Gasteiger partial charge in [-0.15, -0.1) is 0 Å². The summed E-state index contributed by atoms with van der Waals surface area (Å²) in [4.78, 5) is 21.4. The van der Waals surface area contributed by atoms with E-state index in [1.54, 1.807) is 6.92 Å². The van der Waals surface area contributed by atoms with E-state index in [-0.39, 0.29) is 5.75 Å². The molecule has 1 aromatic carbocycles. The van der Waals surface area contributed by atoms with Crippen LogP contribution >= 0.6 is 0 Å². The minimum atomic E-state index is -1.14. The van der Waals surface area contributed by atoms with Gasteiger partial charge >= 0.3 is 5.97 Å². The number of amides is 1. The third kappa shape index (κ3) is 4.79. The van der Waals surface area contributed by atoms with Gasteiger partial charge in [0.25, 0.3) is 5.91 Å². The SMILES string of the molecule is CCC(Oc1cc(F)cc(/C=C/C(=O)O)c1)C(N)=O. The number of rotatable bonds is 6. The Morgan fingerprint density at radius 1 is 1.47 bits per heavy atom. The highest BCUT2D eigenvalue weighted by molar-refractivity contribution is 5.85. The second kappa shape index (κ2) is 6.53. The molecule has 0 saturated heterocycles. The first-order valence-electron chi connectivity index (χ1n) is 5.60. The number of carboxylic acid groups (broad SMARTS) is 1. The fraction of sp³-hybridized carbons (Fsp3) is 0.231. The lowest BCUT2D eigenvalue weighted by atomic mass is 10.2. The molecule has 0 fully saturated rings. The van der Waals surface area contributed by atoms with Crippen LogP contribution in [0.5, 0.6) is 5.75 Å². The van der Waals surface area contributed by atoms with Crippen LogP contribution in [0.25, 0.3) is 6.08 Å². The summed E-state index contributed by atoms with van der Waals surface area (Å²) in [7, 11) is 0. The number of hydrogen-bond acceptors (Lipinski definition) is 3. The number of halogens is 1. The molecule has 3 N–H and O–H groups in total. The molecular formula is C13H14FNO4. The summed E-state index contributed by atoms with van der Waals surface area (Å²) in [5.41, 5.74) is 5.44. The summed E-state index contributed by atoms with van der Waals surface area (Å²) in [6.07, 6.45) is 1.61. The number of ether oxygens (including phenoxy) is 1. The van der Waals surface area contributed by atoms with Crippen molar-refractivity contribution in [1.82, 2.24) is 0 Å². The molecule has 0 aliphatic heterocycles.